The first-order valence-electron chi connectivity index (χ1n) is 5.39. The lowest BCUT2D eigenvalue weighted by atomic mass is 9.76. The van der Waals surface area contributed by atoms with Crippen molar-refractivity contribution in [2.45, 2.75) is 5.50 Å². The molecular weight excluding hydrogens is 228 g/mol. The van der Waals surface area contributed by atoms with Crippen molar-refractivity contribution in [3.8, 4) is 5.75 Å². The second-order valence-electron chi connectivity index (χ2n) is 4.68. The van der Waals surface area contributed by atoms with E-state index < -0.39 is 23.0 Å². The fourth-order valence-corrected chi connectivity index (χ4v) is 1.82. The Morgan fingerprint density at radius 3 is 2.06 bits per heavy atom. The third-order valence-corrected chi connectivity index (χ3v) is 3.07. The summed E-state index contributed by atoms with van der Waals surface area (Å²) >= 11 is 0. The first kappa shape index (κ1) is 12.4. The fourth-order valence-electron chi connectivity index (χ4n) is 1.82. The van der Waals surface area contributed by atoms with Crippen LogP contribution in [0.3, 0.4) is 0 Å². The standard InChI is InChI=1S/C9H11B3F3NO/c10-3-5(13)4(11)8(7(15)6(3)14)17-9(12)1-16-2-9/h16H,1-2,10-12H2. The molecule has 2 nitrogen and oxygen atoms in total. The highest BCUT2D eigenvalue weighted by Crippen LogP contribution is 2.22. The SMILES string of the molecule is Bc1c(F)c(B)c(OC2(B)CNC2)c(F)c1F. The van der Waals surface area contributed by atoms with Gasteiger partial charge in [0.25, 0.3) is 0 Å². The highest BCUT2D eigenvalue weighted by atomic mass is 19.2. The molecule has 0 atom stereocenters. The van der Waals surface area contributed by atoms with Crippen LogP contribution in [0.15, 0.2) is 0 Å². The van der Waals surface area contributed by atoms with E-state index in [1.807, 2.05) is 0 Å². The van der Waals surface area contributed by atoms with Crippen molar-refractivity contribution in [3.05, 3.63) is 17.5 Å². The fraction of sp³-hybridized carbons (Fsp3) is 0.333. The normalized spacial score (nSPS) is 17.6. The molecule has 1 aromatic carbocycles. The minimum Gasteiger partial charge on any atom is -0.491 e. The van der Waals surface area contributed by atoms with Gasteiger partial charge in [0, 0.05) is 13.1 Å². The summed E-state index contributed by atoms with van der Waals surface area (Å²) in [6.45, 7) is 1.06. The first-order valence-corrected chi connectivity index (χ1v) is 5.39. The maximum absolute atomic E-state index is 13.7. The Hall–Kier alpha value is -1.04. The molecule has 1 N–H and O–H groups in total. The summed E-state index contributed by atoms with van der Waals surface area (Å²) in [4.78, 5) is 0. The Balaban J connectivity index is 2.46. The smallest absolute Gasteiger partial charge is 0.199 e. The molecule has 0 spiro atoms. The predicted octanol–water partition coefficient (Wildman–Crippen LogP) is -3.07. The topological polar surface area (TPSA) is 21.3 Å². The van der Waals surface area contributed by atoms with E-state index in [-0.39, 0.29) is 16.7 Å². The van der Waals surface area contributed by atoms with Crippen LogP contribution >= 0.6 is 0 Å². The molecule has 1 aromatic rings. The second kappa shape index (κ2) is 4.01. The number of nitrogens with one attached hydrogen (secondary N) is 1. The van der Waals surface area contributed by atoms with Gasteiger partial charge in [0.05, 0.1) is 5.50 Å². The van der Waals surface area contributed by atoms with E-state index in [2.05, 4.69) is 5.32 Å². The monoisotopic (exact) mass is 239 g/mol. The maximum Gasteiger partial charge on any atom is 0.199 e. The summed E-state index contributed by atoms with van der Waals surface area (Å²) in [6.07, 6.45) is 0. The van der Waals surface area contributed by atoms with Gasteiger partial charge in [-0.2, -0.15) is 4.39 Å². The zero-order valence-corrected chi connectivity index (χ0v) is 9.96. The predicted molar refractivity (Wildman–Crippen MR) is 67.4 cm³/mol. The third kappa shape index (κ3) is 1.94. The summed E-state index contributed by atoms with van der Waals surface area (Å²) in [5.41, 5.74) is -0.904. The summed E-state index contributed by atoms with van der Waals surface area (Å²) in [5, 5.41) is 2.97. The molecule has 1 saturated heterocycles. The lowest BCUT2D eigenvalue weighted by Gasteiger charge is -2.40. The summed E-state index contributed by atoms with van der Waals surface area (Å²) in [5.74, 6) is -3.38. The number of hydrogen-bond donors (Lipinski definition) is 1. The van der Waals surface area contributed by atoms with Gasteiger partial charge in [-0.3, -0.25) is 0 Å². The van der Waals surface area contributed by atoms with Crippen molar-refractivity contribution in [2.24, 2.45) is 0 Å². The average molecular weight is 239 g/mol. The molecule has 0 aromatic heterocycles. The number of halogens is 3. The number of ether oxygens (including phenoxy) is 1. The van der Waals surface area contributed by atoms with Crippen molar-refractivity contribution in [2.75, 3.05) is 13.1 Å². The zero-order valence-electron chi connectivity index (χ0n) is 9.96. The molecule has 2 rings (SSSR count). The first-order chi connectivity index (χ1) is 7.86. The summed E-state index contributed by atoms with van der Waals surface area (Å²) in [7, 11) is 4.35. The van der Waals surface area contributed by atoms with Crippen LogP contribution in [0.4, 0.5) is 13.2 Å². The van der Waals surface area contributed by atoms with Crippen LogP contribution < -0.4 is 21.0 Å². The highest BCUT2D eigenvalue weighted by Gasteiger charge is 2.36. The molecular formula is C9H11B3F3NO. The van der Waals surface area contributed by atoms with E-state index in [9.17, 15) is 13.2 Å². The van der Waals surface area contributed by atoms with Gasteiger partial charge in [-0.15, -0.1) is 0 Å². The maximum atomic E-state index is 13.7. The van der Waals surface area contributed by atoms with Crippen LogP contribution in [0.5, 0.6) is 5.75 Å². The average Bonchev–Trinajstić information content (AvgIpc) is 2.27. The Labute approximate surface area is 100 Å². The molecule has 88 valence electrons. The molecule has 0 saturated carbocycles. The number of benzene rings is 1. The van der Waals surface area contributed by atoms with Gasteiger partial charge in [-0.25, -0.2) is 8.78 Å². The Morgan fingerprint density at radius 1 is 1.00 bits per heavy atom. The van der Waals surface area contributed by atoms with Gasteiger partial charge in [0.15, 0.2) is 25.2 Å². The van der Waals surface area contributed by atoms with Gasteiger partial charge in [0.2, 0.25) is 0 Å². The minimum atomic E-state index is -1.18. The Kier molecular flexibility index (Phi) is 2.93. The van der Waals surface area contributed by atoms with E-state index in [0.29, 0.717) is 13.1 Å². The van der Waals surface area contributed by atoms with Crippen molar-refractivity contribution >= 4 is 34.5 Å². The number of rotatable bonds is 2. The van der Waals surface area contributed by atoms with Gasteiger partial charge in [0.1, 0.15) is 21.5 Å². The Morgan fingerprint density at radius 2 is 1.59 bits per heavy atom. The molecule has 17 heavy (non-hydrogen) atoms. The highest BCUT2D eigenvalue weighted by molar-refractivity contribution is 6.39. The molecule has 1 fully saturated rings. The quantitative estimate of drug-likeness (QED) is 0.436. The lowest BCUT2D eigenvalue weighted by Crippen LogP contribution is -2.64. The van der Waals surface area contributed by atoms with Crippen LogP contribution in [-0.2, 0) is 0 Å². The van der Waals surface area contributed by atoms with Gasteiger partial charge in [-0.1, -0.05) is 0 Å². The zero-order chi connectivity index (χ0) is 12.8. The molecule has 0 bridgehead atoms. The molecule has 1 aliphatic rings. The second-order valence-corrected chi connectivity index (χ2v) is 4.68. The summed E-state index contributed by atoms with van der Waals surface area (Å²) in [6, 6.07) is 0. The van der Waals surface area contributed by atoms with Crippen LogP contribution in [-0.4, -0.2) is 42.1 Å². The number of hydrogen-bond acceptors (Lipinski definition) is 2. The molecule has 1 aliphatic heterocycles. The lowest BCUT2D eigenvalue weighted by molar-refractivity contribution is 0.0931. The van der Waals surface area contributed by atoms with Gasteiger partial charge >= 0.3 is 0 Å². The van der Waals surface area contributed by atoms with Crippen LogP contribution in [0.2, 0.25) is 0 Å². The minimum absolute atomic E-state index is 0.00882. The molecule has 8 heteroatoms. The Bertz CT molecular complexity index is 450. The van der Waals surface area contributed by atoms with Crippen molar-refractivity contribution in [1.82, 2.24) is 5.32 Å². The van der Waals surface area contributed by atoms with Crippen molar-refractivity contribution in [3.63, 3.8) is 0 Å². The van der Waals surface area contributed by atoms with E-state index in [1.54, 1.807) is 7.85 Å². The largest absolute Gasteiger partial charge is 0.491 e. The van der Waals surface area contributed by atoms with E-state index in [1.165, 1.54) is 15.7 Å². The summed E-state index contributed by atoms with van der Waals surface area (Å²) < 4.78 is 46.2. The van der Waals surface area contributed by atoms with Gasteiger partial charge < -0.3 is 10.1 Å². The van der Waals surface area contributed by atoms with E-state index >= 15 is 0 Å². The van der Waals surface area contributed by atoms with Crippen LogP contribution in [0, 0.1) is 17.5 Å². The molecule has 0 radical (unpaired) electrons. The van der Waals surface area contributed by atoms with Crippen molar-refractivity contribution < 1.29 is 17.9 Å². The van der Waals surface area contributed by atoms with Crippen LogP contribution in [0.25, 0.3) is 0 Å². The third-order valence-electron chi connectivity index (χ3n) is 3.07. The van der Waals surface area contributed by atoms with Gasteiger partial charge in [-0.05, 0) is 10.9 Å². The molecule has 1 heterocycles. The molecule has 0 aliphatic carbocycles. The molecule has 0 amide bonds. The van der Waals surface area contributed by atoms with E-state index in [4.69, 9.17) is 4.74 Å². The molecule has 0 unspecified atom stereocenters. The van der Waals surface area contributed by atoms with Crippen molar-refractivity contribution in [1.29, 1.82) is 0 Å². The van der Waals surface area contributed by atoms with E-state index in [0.717, 1.165) is 0 Å². The van der Waals surface area contributed by atoms with Crippen LogP contribution in [0.1, 0.15) is 0 Å².